The number of carbonyl (C=O) groups is 4. The zero-order valence-corrected chi connectivity index (χ0v) is 35.9. The molecular weight excluding hydrogens is 869 g/mol. The van der Waals surface area contributed by atoms with E-state index in [0.717, 1.165) is 43.2 Å². The van der Waals surface area contributed by atoms with Crippen molar-refractivity contribution in [3.63, 3.8) is 0 Å². The van der Waals surface area contributed by atoms with Crippen molar-refractivity contribution in [1.82, 2.24) is 9.97 Å². The Morgan fingerprint density at radius 1 is 0.362 bits per heavy atom. The van der Waals surface area contributed by atoms with E-state index >= 15 is 0 Å². The van der Waals surface area contributed by atoms with Gasteiger partial charge in [0.2, 0.25) is 11.8 Å². The molecule has 13 rings (SSSR count). The number of fused-ring (bicyclic) bond motifs is 7. The molecule has 8 aromatic carbocycles. The van der Waals surface area contributed by atoms with E-state index in [9.17, 15) is 28.8 Å². The topological polar surface area (TPSA) is 161 Å². The Kier molecular flexibility index (Phi) is 8.43. The fourth-order valence-electron chi connectivity index (χ4n) is 10.2. The normalized spacial score (nSPS) is 14.4. The predicted octanol–water partition coefficient (Wildman–Crippen LogP) is 9.99. The standard InChI is InChI=1S/C57H30N4O8/c62-51-39-27-17-31(49-58-47-15-7-3-11-41(47)55(66)68-49)29-43(39)53(64)60(51)35-23-19-33(20-24-35)57(45-13-5-1-9-37(45)38-10-2-6-14-46(38)57)34-21-25-36(26-22-34)61-52(63)40-28-18-32(30-44(40)54(61)65)50-59-48-16-8-4-12-42(48)56(67)69-50/h1-30H. The Balaban J connectivity index is 0.856. The van der Waals surface area contributed by atoms with E-state index < -0.39 is 40.3 Å². The number of rotatable bonds is 6. The Morgan fingerprint density at radius 2 is 0.739 bits per heavy atom. The number of anilines is 2. The van der Waals surface area contributed by atoms with Crippen molar-refractivity contribution in [2.75, 3.05) is 9.80 Å². The van der Waals surface area contributed by atoms with Gasteiger partial charge in [0, 0.05) is 11.1 Å². The maximum atomic E-state index is 14.1. The smallest absolute Gasteiger partial charge is 0.347 e. The largest absolute Gasteiger partial charge is 0.403 e. The predicted molar refractivity (Wildman–Crippen MR) is 257 cm³/mol. The molecule has 0 atom stereocenters. The summed E-state index contributed by atoms with van der Waals surface area (Å²) in [5.74, 6) is -1.99. The van der Waals surface area contributed by atoms with Gasteiger partial charge in [-0.1, -0.05) is 97.1 Å². The van der Waals surface area contributed by atoms with Gasteiger partial charge in [-0.15, -0.1) is 0 Å². The molecule has 12 heteroatoms. The monoisotopic (exact) mass is 898 g/mol. The van der Waals surface area contributed by atoms with Crippen molar-refractivity contribution in [3.8, 4) is 34.0 Å². The molecule has 0 N–H and O–H groups in total. The number of benzene rings is 8. The molecule has 2 aliphatic heterocycles. The molecule has 1 aliphatic carbocycles. The minimum Gasteiger partial charge on any atom is -0.403 e. The van der Waals surface area contributed by atoms with Crippen LogP contribution in [0.3, 0.4) is 0 Å². The minimum absolute atomic E-state index is 0.0326. The fraction of sp³-hybridized carbons (Fsp3) is 0.0175. The molecule has 0 bridgehead atoms. The molecule has 4 amide bonds. The van der Waals surface area contributed by atoms with Crippen LogP contribution in [0, 0.1) is 0 Å². The van der Waals surface area contributed by atoms with Gasteiger partial charge in [-0.25, -0.2) is 29.4 Å². The number of nitrogens with zero attached hydrogens (tertiary/aromatic N) is 4. The summed E-state index contributed by atoms with van der Waals surface area (Å²) >= 11 is 0. The molecule has 0 radical (unpaired) electrons. The van der Waals surface area contributed by atoms with Crippen LogP contribution in [0.25, 0.3) is 55.8 Å². The van der Waals surface area contributed by atoms with Crippen LogP contribution in [0.5, 0.6) is 0 Å². The van der Waals surface area contributed by atoms with Gasteiger partial charge < -0.3 is 8.83 Å². The van der Waals surface area contributed by atoms with Crippen LogP contribution in [0.1, 0.15) is 63.7 Å². The number of amides is 4. The van der Waals surface area contributed by atoms with E-state index in [4.69, 9.17) is 8.83 Å². The first-order chi connectivity index (χ1) is 33.7. The van der Waals surface area contributed by atoms with Gasteiger partial charge in [-0.2, -0.15) is 0 Å². The van der Waals surface area contributed by atoms with Crippen LogP contribution in [0.4, 0.5) is 11.4 Å². The summed E-state index contributed by atoms with van der Waals surface area (Å²) in [5, 5.41) is 0.664. The zero-order chi connectivity index (χ0) is 46.7. The Bertz CT molecular complexity index is 3800. The maximum absolute atomic E-state index is 14.1. The van der Waals surface area contributed by atoms with E-state index in [-0.39, 0.29) is 34.0 Å². The number of hydrogen-bond donors (Lipinski definition) is 0. The van der Waals surface area contributed by atoms with Gasteiger partial charge in [0.15, 0.2) is 0 Å². The number of carbonyl (C=O) groups excluding carboxylic acids is 4. The fourth-order valence-corrected chi connectivity index (χ4v) is 10.2. The number of hydrogen-bond acceptors (Lipinski definition) is 10. The number of para-hydroxylation sites is 2. The summed E-state index contributed by atoms with van der Waals surface area (Å²) in [6.07, 6.45) is 0. The SMILES string of the molecule is O=C1c2ccc(-c3nc4ccccc4c(=O)o3)cc2C(=O)N1c1ccc(C2(c3ccc(N4C(=O)c5ccc(-c6nc7ccccc7c(=O)o6)cc5C4=O)cc3)c3ccccc3-c3ccccc32)cc1. The average molecular weight is 899 g/mol. The number of aromatic nitrogens is 2. The van der Waals surface area contributed by atoms with E-state index in [1.807, 2.05) is 48.5 Å². The summed E-state index contributed by atoms with van der Waals surface area (Å²) in [4.78, 5) is 93.1. The first-order valence-corrected chi connectivity index (χ1v) is 22.0. The molecule has 4 heterocycles. The van der Waals surface area contributed by atoms with Crippen molar-refractivity contribution in [1.29, 1.82) is 0 Å². The average Bonchev–Trinajstić information content (AvgIpc) is 3.93. The van der Waals surface area contributed by atoms with Gasteiger partial charge in [0.25, 0.3) is 23.6 Å². The molecule has 69 heavy (non-hydrogen) atoms. The molecule has 0 saturated heterocycles. The van der Waals surface area contributed by atoms with Gasteiger partial charge in [0.1, 0.15) is 0 Å². The second-order valence-corrected chi connectivity index (χ2v) is 17.0. The Hall–Kier alpha value is -9.68. The molecule has 3 aliphatic rings. The second-order valence-electron chi connectivity index (χ2n) is 17.0. The first kappa shape index (κ1) is 39.7. The van der Waals surface area contributed by atoms with Crippen LogP contribution >= 0.6 is 0 Å². The lowest BCUT2D eigenvalue weighted by Crippen LogP contribution is -2.31. The van der Waals surface area contributed by atoms with E-state index in [0.29, 0.717) is 44.3 Å². The van der Waals surface area contributed by atoms with Crippen LogP contribution in [-0.2, 0) is 5.41 Å². The van der Waals surface area contributed by atoms with Crippen LogP contribution in [0.15, 0.2) is 200 Å². The third-order valence-corrected chi connectivity index (χ3v) is 13.4. The number of imide groups is 2. The third kappa shape index (κ3) is 5.69. The lowest BCUT2D eigenvalue weighted by atomic mass is 9.67. The highest BCUT2D eigenvalue weighted by molar-refractivity contribution is 6.35. The Labute approximate surface area is 390 Å². The van der Waals surface area contributed by atoms with E-state index in [1.54, 1.807) is 97.1 Å². The molecule has 0 unspecified atom stereocenters. The first-order valence-electron chi connectivity index (χ1n) is 22.0. The summed E-state index contributed by atoms with van der Waals surface area (Å²) in [6, 6.07) is 54.0. The quantitative estimate of drug-likeness (QED) is 0.147. The van der Waals surface area contributed by atoms with Crippen LogP contribution in [0.2, 0.25) is 0 Å². The summed E-state index contributed by atoms with van der Waals surface area (Å²) < 4.78 is 11.1. The van der Waals surface area contributed by atoms with Gasteiger partial charge in [-0.05, 0) is 118 Å². The Morgan fingerprint density at radius 3 is 1.17 bits per heavy atom. The van der Waals surface area contributed by atoms with E-state index in [2.05, 4.69) is 34.2 Å². The van der Waals surface area contributed by atoms with Crippen LogP contribution < -0.4 is 21.1 Å². The van der Waals surface area contributed by atoms with Gasteiger partial charge >= 0.3 is 11.3 Å². The van der Waals surface area contributed by atoms with E-state index in [1.165, 1.54) is 12.1 Å². The summed E-state index contributed by atoms with van der Waals surface area (Å²) in [6.45, 7) is 0. The summed E-state index contributed by atoms with van der Waals surface area (Å²) in [5.41, 5.74) is 6.80. The van der Waals surface area contributed by atoms with Crippen molar-refractivity contribution in [2.45, 2.75) is 5.41 Å². The molecule has 326 valence electrons. The molecule has 12 nitrogen and oxygen atoms in total. The third-order valence-electron chi connectivity index (χ3n) is 13.4. The molecule has 2 aromatic heterocycles. The zero-order valence-electron chi connectivity index (χ0n) is 35.9. The van der Waals surface area contributed by atoms with Crippen molar-refractivity contribution < 1.29 is 28.0 Å². The lowest BCUT2D eigenvalue weighted by Gasteiger charge is -2.34. The minimum atomic E-state index is -0.911. The summed E-state index contributed by atoms with van der Waals surface area (Å²) in [7, 11) is 0. The second kappa shape index (κ2) is 14.7. The van der Waals surface area contributed by atoms with Crippen LogP contribution in [-0.4, -0.2) is 33.6 Å². The van der Waals surface area contributed by atoms with Crippen molar-refractivity contribution in [3.05, 3.63) is 247 Å². The molecule has 0 spiro atoms. The van der Waals surface area contributed by atoms with Gasteiger partial charge in [0.05, 0.1) is 60.8 Å². The molecule has 0 saturated carbocycles. The highest BCUT2D eigenvalue weighted by atomic mass is 16.4. The highest BCUT2D eigenvalue weighted by Gasteiger charge is 2.47. The highest BCUT2D eigenvalue weighted by Crippen LogP contribution is 2.56. The molecule has 10 aromatic rings. The lowest BCUT2D eigenvalue weighted by molar-refractivity contribution is 0.0910. The van der Waals surface area contributed by atoms with Crippen molar-refractivity contribution in [2.24, 2.45) is 0 Å². The molecule has 0 fully saturated rings. The van der Waals surface area contributed by atoms with Gasteiger partial charge in [-0.3, -0.25) is 19.2 Å². The maximum Gasteiger partial charge on any atom is 0.347 e. The van der Waals surface area contributed by atoms with Crippen molar-refractivity contribution >= 4 is 56.8 Å². The molecular formula is C57H30N4O8.